The van der Waals surface area contributed by atoms with Gasteiger partial charge in [0.25, 0.3) is 11.8 Å². The molecule has 0 atom stereocenters. The van der Waals surface area contributed by atoms with E-state index in [-0.39, 0.29) is 25.0 Å². The molecule has 0 radical (unpaired) electrons. The molecule has 0 saturated heterocycles. The fourth-order valence-corrected chi connectivity index (χ4v) is 2.07. The minimum absolute atomic E-state index is 0.0153. The third-order valence-electron chi connectivity index (χ3n) is 3.77. The summed E-state index contributed by atoms with van der Waals surface area (Å²) >= 11 is 0. The van der Waals surface area contributed by atoms with Gasteiger partial charge in [0, 0.05) is 12.1 Å². The van der Waals surface area contributed by atoms with Crippen molar-refractivity contribution in [1.29, 1.82) is 0 Å². The number of hydrogen-bond acceptors (Lipinski definition) is 4. The van der Waals surface area contributed by atoms with Crippen molar-refractivity contribution in [2.45, 2.75) is 32.3 Å². The summed E-state index contributed by atoms with van der Waals surface area (Å²) in [6.07, 6.45) is 1.13. The van der Waals surface area contributed by atoms with Crippen LogP contribution in [0, 0.1) is 0 Å². The monoisotopic (exact) mass is 292 g/mol. The highest BCUT2D eigenvalue weighted by molar-refractivity contribution is 5.99. The second kappa shape index (κ2) is 6.13. The number of anilines is 1. The summed E-state index contributed by atoms with van der Waals surface area (Å²) in [6.45, 7) is 3.93. The van der Waals surface area contributed by atoms with E-state index < -0.39 is 5.60 Å². The smallest absolute Gasteiger partial charge is 0.262 e. The fraction of sp³-hybridized carbons (Fsp3) is 0.467. The Morgan fingerprint density at radius 3 is 2.81 bits per heavy atom. The third kappa shape index (κ3) is 3.52. The highest BCUT2D eigenvalue weighted by Gasteiger charge is 2.23. The number of carbonyl (C=O) groups excluding carboxylic acids is 2. The highest BCUT2D eigenvalue weighted by Crippen LogP contribution is 2.28. The SMILES string of the molecule is CCC(O)(CC)CNC(=O)c1ccc2c(c1)NC(=O)CO2. The maximum Gasteiger partial charge on any atom is 0.262 e. The first-order valence-corrected chi connectivity index (χ1v) is 7.04. The molecule has 3 N–H and O–H groups in total. The zero-order chi connectivity index (χ0) is 15.5. The summed E-state index contributed by atoms with van der Waals surface area (Å²) in [4.78, 5) is 23.4. The minimum atomic E-state index is -0.888. The largest absolute Gasteiger partial charge is 0.482 e. The molecule has 2 amide bonds. The summed E-state index contributed by atoms with van der Waals surface area (Å²) in [5.74, 6) is 0.00844. The van der Waals surface area contributed by atoms with Gasteiger partial charge in [-0.1, -0.05) is 13.8 Å². The molecule has 0 saturated carbocycles. The lowest BCUT2D eigenvalue weighted by Crippen LogP contribution is -2.42. The number of fused-ring (bicyclic) bond motifs is 1. The lowest BCUT2D eigenvalue weighted by molar-refractivity contribution is -0.118. The Bertz CT molecular complexity index is 553. The average molecular weight is 292 g/mol. The molecule has 1 heterocycles. The van der Waals surface area contributed by atoms with Crippen LogP contribution in [0.4, 0.5) is 5.69 Å². The number of ether oxygens (including phenoxy) is 1. The van der Waals surface area contributed by atoms with Crippen molar-refractivity contribution < 1.29 is 19.4 Å². The molecule has 2 rings (SSSR count). The van der Waals surface area contributed by atoms with Gasteiger partial charge in [-0.05, 0) is 31.0 Å². The van der Waals surface area contributed by atoms with Crippen LogP contribution in [0.2, 0.25) is 0 Å². The van der Waals surface area contributed by atoms with Crippen molar-refractivity contribution in [3.05, 3.63) is 23.8 Å². The molecule has 0 unspecified atom stereocenters. The van der Waals surface area contributed by atoms with Gasteiger partial charge in [-0.15, -0.1) is 0 Å². The van der Waals surface area contributed by atoms with Gasteiger partial charge in [0.1, 0.15) is 5.75 Å². The first-order valence-electron chi connectivity index (χ1n) is 7.04. The zero-order valence-electron chi connectivity index (χ0n) is 12.2. The van der Waals surface area contributed by atoms with Gasteiger partial charge < -0.3 is 20.5 Å². The predicted molar refractivity (Wildman–Crippen MR) is 78.4 cm³/mol. The number of hydrogen-bond donors (Lipinski definition) is 3. The van der Waals surface area contributed by atoms with Gasteiger partial charge in [0.05, 0.1) is 11.3 Å². The highest BCUT2D eigenvalue weighted by atomic mass is 16.5. The van der Waals surface area contributed by atoms with E-state index in [0.29, 0.717) is 29.8 Å². The number of benzene rings is 1. The molecular formula is C15H20N2O4. The van der Waals surface area contributed by atoms with Gasteiger partial charge in [0.2, 0.25) is 0 Å². The molecule has 0 aromatic heterocycles. The molecule has 6 nitrogen and oxygen atoms in total. The molecule has 0 aliphatic carbocycles. The minimum Gasteiger partial charge on any atom is -0.482 e. The van der Waals surface area contributed by atoms with Crippen molar-refractivity contribution in [2.24, 2.45) is 0 Å². The Hall–Kier alpha value is -2.08. The van der Waals surface area contributed by atoms with Crippen LogP contribution in [0.15, 0.2) is 18.2 Å². The Kier molecular flexibility index (Phi) is 4.47. The van der Waals surface area contributed by atoms with Crippen LogP contribution in [0.3, 0.4) is 0 Å². The van der Waals surface area contributed by atoms with E-state index in [0.717, 1.165) is 0 Å². The van der Waals surface area contributed by atoms with Gasteiger partial charge in [-0.25, -0.2) is 0 Å². The van der Waals surface area contributed by atoms with E-state index in [9.17, 15) is 14.7 Å². The van der Waals surface area contributed by atoms with Crippen LogP contribution < -0.4 is 15.4 Å². The summed E-state index contributed by atoms with van der Waals surface area (Å²) in [6, 6.07) is 4.84. The second-order valence-electron chi connectivity index (χ2n) is 5.16. The summed E-state index contributed by atoms with van der Waals surface area (Å²) in [5, 5.41) is 15.5. The quantitative estimate of drug-likeness (QED) is 0.763. The van der Waals surface area contributed by atoms with Crippen LogP contribution in [-0.2, 0) is 4.79 Å². The van der Waals surface area contributed by atoms with Gasteiger partial charge in [-0.2, -0.15) is 0 Å². The van der Waals surface area contributed by atoms with Crippen LogP contribution >= 0.6 is 0 Å². The van der Waals surface area contributed by atoms with E-state index in [1.54, 1.807) is 18.2 Å². The van der Waals surface area contributed by atoms with Crippen molar-refractivity contribution in [1.82, 2.24) is 5.32 Å². The Morgan fingerprint density at radius 1 is 1.43 bits per heavy atom. The van der Waals surface area contributed by atoms with Gasteiger partial charge in [-0.3, -0.25) is 9.59 Å². The molecule has 0 fully saturated rings. The summed E-state index contributed by atoms with van der Waals surface area (Å²) < 4.78 is 5.24. The van der Waals surface area contributed by atoms with E-state index >= 15 is 0 Å². The Labute approximate surface area is 123 Å². The standard InChI is InChI=1S/C15H20N2O4/c1-3-15(20,4-2)9-16-14(19)10-5-6-12-11(7-10)17-13(18)8-21-12/h5-7,20H,3-4,8-9H2,1-2H3,(H,16,19)(H,17,18). The summed E-state index contributed by atoms with van der Waals surface area (Å²) in [7, 11) is 0. The van der Waals surface area contributed by atoms with E-state index in [2.05, 4.69) is 10.6 Å². The van der Waals surface area contributed by atoms with Crippen molar-refractivity contribution >= 4 is 17.5 Å². The van der Waals surface area contributed by atoms with Crippen LogP contribution in [0.25, 0.3) is 0 Å². The van der Waals surface area contributed by atoms with Gasteiger partial charge in [0.15, 0.2) is 6.61 Å². The van der Waals surface area contributed by atoms with Gasteiger partial charge >= 0.3 is 0 Å². The molecule has 1 aliphatic rings. The fourth-order valence-electron chi connectivity index (χ4n) is 2.07. The molecule has 0 bridgehead atoms. The maximum absolute atomic E-state index is 12.1. The van der Waals surface area contributed by atoms with Crippen molar-refractivity contribution in [3.8, 4) is 5.75 Å². The summed E-state index contributed by atoms with van der Waals surface area (Å²) in [5.41, 5.74) is 0.00975. The van der Waals surface area contributed by atoms with E-state index in [1.807, 2.05) is 13.8 Å². The van der Waals surface area contributed by atoms with Crippen molar-refractivity contribution in [2.75, 3.05) is 18.5 Å². The van der Waals surface area contributed by atoms with E-state index in [4.69, 9.17) is 4.74 Å². The Balaban J connectivity index is 2.06. The van der Waals surface area contributed by atoms with E-state index in [1.165, 1.54) is 0 Å². The lowest BCUT2D eigenvalue weighted by Gasteiger charge is -2.25. The van der Waals surface area contributed by atoms with Crippen LogP contribution in [0.1, 0.15) is 37.0 Å². The molecule has 21 heavy (non-hydrogen) atoms. The number of carbonyl (C=O) groups is 2. The average Bonchev–Trinajstić information content (AvgIpc) is 2.51. The lowest BCUT2D eigenvalue weighted by atomic mass is 9.97. The molecule has 6 heteroatoms. The number of aliphatic hydroxyl groups is 1. The first-order chi connectivity index (χ1) is 9.97. The maximum atomic E-state index is 12.1. The zero-order valence-corrected chi connectivity index (χ0v) is 12.2. The molecule has 1 aromatic carbocycles. The Morgan fingerprint density at radius 2 is 2.14 bits per heavy atom. The number of amides is 2. The van der Waals surface area contributed by atoms with Crippen molar-refractivity contribution in [3.63, 3.8) is 0 Å². The molecule has 1 aromatic rings. The molecule has 0 spiro atoms. The number of nitrogens with one attached hydrogen (secondary N) is 2. The topological polar surface area (TPSA) is 87.7 Å². The normalized spacial score (nSPS) is 14.0. The van der Waals surface area contributed by atoms with Crippen LogP contribution in [0.5, 0.6) is 5.75 Å². The number of rotatable bonds is 5. The second-order valence-corrected chi connectivity index (χ2v) is 5.16. The first kappa shape index (κ1) is 15.3. The van der Waals surface area contributed by atoms with Crippen LogP contribution in [-0.4, -0.2) is 35.7 Å². The molecule has 1 aliphatic heterocycles. The third-order valence-corrected chi connectivity index (χ3v) is 3.77. The molecular weight excluding hydrogens is 272 g/mol. The predicted octanol–water partition coefficient (Wildman–Crippen LogP) is 1.30. The molecule has 114 valence electrons.